The molecule has 3 rings (SSSR count). The fourth-order valence-electron chi connectivity index (χ4n) is 2.49. The highest BCUT2D eigenvalue weighted by Gasteiger charge is 2.22. The molecule has 1 aliphatic heterocycles. The maximum atomic E-state index is 4.66. The maximum absolute atomic E-state index is 4.66. The fraction of sp³-hybridized carbons (Fsp3) is 0.750. The molecule has 1 aromatic heterocycles. The first-order valence-electron chi connectivity index (χ1n) is 6.31. The first kappa shape index (κ1) is 10.1. The second-order valence-electron chi connectivity index (χ2n) is 4.99. The molecule has 1 aromatic rings. The van der Waals surface area contributed by atoms with Crippen molar-refractivity contribution in [2.45, 2.75) is 38.0 Å². The predicted octanol–water partition coefficient (Wildman–Crippen LogP) is 1.29. The van der Waals surface area contributed by atoms with Crippen LogP contribution in [0.3, 0.4) is 0 Å². The van der Waals surface area contributed by atoms with E-state index in [1.807, 2.05) is 6.20 Å². The smallest absolute Gasteiger partial charge is 0.151 e. The van der Waals surface area contributed by atoms with Crippen LogP contribution < -0.4 is 5.32 Å². The van der Waals surface area contributed by atoms with Gasteiger partial charge in [0.25, 0.3) is 0 Å². The van der Waals surface area contributed by atoms with Crippen LogP contribution in [0.15, 0.2) is 6.20 Å². The third-order valence-corrected chi connectivity index (χ3v) is 3.78. The van der Waals surface area contributed by atoms with E-state index in [4.69, 9.17) is 0 Å². The van der Waals surface area contributed by atoms with Gasteiger partial charge >= 0.3 is 0 Å². The van der Waals surface area contributed by atoms with Crippen molar-refractivity contribution in [3.8, 4) is 0 Å². The number of nitrogens with zero attached hydrogens (tertiary/aromatic N) is 3. The van der Waals surface area contributed by atoms with Crippen molar-refractivity contribution < 1.29 is 0 Å². The summed E-state index contributed by atoms with van der Waals surface area (Å²) >= 11 is 0. The molecule has 1 saturated heterocycles. The van der Waals surface area contributed by atoms with Crippen LogP contribution in [-0.4, -0.2) is 28.3 Å². The number of nitrogens with one attached hydrogen (secondary N) is 1. The van der Waals surface area contributed by atoms with E-state index in [0.717, 1.165) is 25.3 Å². The quantitative estimate of drug-likeness (QED) is 0.830. The van der Waals surface area contributed by atoms with Gasteiger partial charge in [-0.25, -0.2) is 4.98 Å². The molecule has 4 heteroatoms. The summed E-state index contributed by atoms with van der Waals surface area (Å²) in [5.74, 6) is 2.31. The van der Waals surface area contributed by atoms with E-state index in [9.17, 15) is 0 Å². The number of hydrogen-bond donors (Lipinski definition) is 1. The number of rotatable bonds is 3. The molecular formula is C12H18N4. The SMILES string of the molecule is c1nnc(CC2CCNC2)nc1C1CCC1. The Morgan fingerprint density at radius 1 is 1.31 bits per heavy atom. The van der Waals surface area contributed by atoms with E-state index in [2.05, 4.69) is 20.5 Å². The Morgan fingerprint density at radius 2 is 2.25 bits per heavy atom. The molecule has 0 bridgehead atoms. The minimum Gasteiger partial charge on any atom is -0.316 e. The molecule has 16 heavy (non-hydrogen) atoms. The van der Waals surface area contributed by atoms with Crippen LogP contribution >= 0.6 is 0 Å². The zero-order valence-corrected chi connectivity index (χ0v) is 9.52. The predicted molar refractivity (Wildman–Crippen MR) is 61.1 cm³/mol. The summed E-state index contributed by atoms with van der Waals surface area (Å²) in [5.41, 5.74) is 1.17. The Balaban J connectivity index is 1.68. The second-order valence-corrected chi connectivity index (χ2v) is 4.99. The third-order valence-electron chi connectivity index (χ3n) is 3.78. The molecule has 1 aliphatic carbocycles. The van der Waals surface area contributed by atoms with Gasteiger partial charge in [0.2, 0.25) is 0 Å². The molecule has 0 aromatic carbocycles. The molecular weight excluding hydrogens is 200 g/mol. The van der Waals surface area contributed by atoms with E-state index < -0.39 is 0 Å². The Labute approximate surface area is 95.9 Å². The first-order chi connectivity index (χ1) is 7.92. The molecule has 2 aliphatic rings. The van der Waals surface area contributed by atoms with Crippen molar-refractivity contribution in [1.29, 1.82) is 0 Å². The summed E-state index contributed by atoms with van der Waals surface area (Å²) in [6.45, 7) is 2.25. The van der Waals surface area contributed by atoms with Crippen molar-refractivity contribution in [1.82, 2.24) is 20.5 Å². The van der Waals surface area contributed by atoms with Gasteiger partial charge in [0.15, 0.2) is 5.82 Å². The third kappa shape index (κ3) is 2.07. The zero-order valence-electron chi connectivity index (χ0n) is 9.52. The van der Waals surface area contributed by atoms with Crippen molar-refractivity contribution in [2.24, 2.45) is 5.92 Å². The lowest BCUT2D eigenvalue weighted by molar-refractivity contribution is 0.406. The van der Waals surface area contributed by atoms with Crippen molar-refractivity contribution >= 4 is 0 Å². The van der Waals surface area contributed by atoms with E-state index in [1.54, 1.807) is 0 Å². The average molecular weight is 218 g/mol. The molecule has 2 fully saturated rings. The monoisotopic (exact) mass is 218 g/mol. The lowest BCUT2D eigenvalue weighted by atomic mass is 9.83. The van der Waals surface area contributed by atoms with Gasteiger partial charge in [-0.15, -0.1) is 5.10 Å². The number of hydrogen-bond acceptors (Lipinski definition) is 4. The van der Waals surface area contributed by atoms with Gasteiger partial charge in [-0.05, 0) is 38.3 Å². The van der Waals surface area contributed by atoms with Crippen molar-refractivity contribution in [3.63, 3.8) is 0 Å². The van der Waals surface area contributed by atoms with Gasteiger partial charge in [0.05, 0.1) is 11.9 Å². The highest BCUT2D eigenvalue weighted by Crippen LogP contribution is 2.34. The van der Waals surface area contributed by atoms with Gasteiger partial charge < -0.3 is 5.32 Å². The summed E-state index contributed by atoms with van der Waals surface area (Å²) in [4.78, 5) is 4.66. The molecule has 0 spiro atoms. The lowest BCUT2D eigenvalue weighted by Gasteiger charge is -2.24. The minimum atomic E-state index is 0.663. The van der Waals surface area contributed by atoms with Crippen LogP contribution in [0.2, 0.25) is 0 Å². The van der Waals surface area contributed by atoms with Crippen LogP contribution in [0, 0.1) is 5.92 Å². The van der Waals surface area contributed by atoms with Crippen LogP contribution in [0.5, 0.6) is 0 Å². The summed E-state index contributed by atoms with van der Waals surface area (Å²) in [5, 5.41) is 11.6. The van der Waals surface area contributed by atoms with E-state index in [1.165, 1.54) is 31.4 Å². The van der Waals surface area contributed by atoms with E-state index >= 15 is 0 Å². The molecule has 0 radical (unpaired) electrons. The van der Waals surface area contributed by atoms with E-state index in [-0.39, 0.29) is 0 Å². The molecule has 0 amide bonds. The molecule has 1 saturated carbocycles. The Morgan fingerprint density at radius 3 is 2.94 bits per heavy atom. The van der Waals surface area contributed by atoms with E-state index in [0.29, 0.717) is 11.8 Å². The van der Waals surface area contributed by atoms with Gasteiger partial charge in [0, 0.05) is 12.3 Å². The standard InChI is InChI=1S/C12H18N4/c1-2-10(3-1)11-8-14-16-12(15-11)6-9-4-5-13-7-9/h8-10,13H,1-7H2. The molecule has 1 unspecified atom stereocenters. The Kier molecular flexibility index (Phi) is 2.82. The topological polar surface area (TPSA) is 50.7 Å². The van der Waals surface area contributed by atoms with Gasteiger partial charge in [-0.2, -0.15) is 5.10 Å². The molecule has 1 N–H and O–H groups in total. The second kappa shape index (κ2) is 4.45. The van der Waals surface area contributed by atoms with Crippen LogP contribution in [0.1, 0.15) is 43.1 Å². The normalized spacial score (nSPS) is 25.6. The highest BCUT2D eigenvalue weighted by atomic mass is 15.1. The van der Waals surface area contributed by atoms with Crippen LogP contribution in [0.4, 0.5) is 0 Å². The Hall–Kier alpha value is -1.03. The lowest BCUT2D eigenvalue weighted by Crippen LogP contribution is -2.16. The average Bonchev–Trinajstić information content (AvgIpc) is 2.68. The first-order valence-corrected chi connectivity index (χ1v) is 6.31. The van der Waals surface area contributed by atoms with Gasteiger partial charge in [-0.1, -0.05) is 6.42 Å². The van der Waals surface area contributed by atoms with Crippen LogP contribution in [0.25, 0.3) is 0 Å². The summed E-state index contributed by atoms with van der Waals surface area (Å²) in [7, 11) is 0. The maximum Gasteiger partial charge on any atom is 0.151 e. The number of aromatic nitrogens is 3. The largest absolute Gasteiger partial charge is 0.316 e. The van der Waals surface area contributed by atoms with Gasteiger partial charge in [-0.3, -0.25) is 0 Å². The van der Waals surface area contributed by atoms with Crippen LogP contribution in [-0.2, 0) is 6.42 Å². The Bertz CT molecular complexity index is 356. The van der Waals surface area contributed by atoms with Crippen molar-refractivity contribution in [3.05, 3.63) is 17.7 Å². The van der Waals surface area contributed by atoms with Gasteiger partial charge in [0.1, 0.15) is 0 Å². The summed E-state index contributed by atoms with van der Waals surface area (Å²) < 4.78 is 0. The minimum absolute atomic E-state index is 0.663. The molecule has 86 valence electrons. The fourth-order valence-corrected chi connectivity index (χ4v) is 2.49. The zero-order chi connectivity index (χ0) is 10.8. The summed E-state index contributed by atoms with van der Waals surface area (Å²) in [6.07, 6.45) is 7.99. The summed E-state index contributed by atoms with van der Waals surface area (Å²) in [6, 6.07) is 0. The molecule has 4 nitrogen and oxygen atoms in total. The molecule has 2 heterocycles. The molecule has 1 atom stereocenters. The highest BCUT2D eigenvalue weighted by molar-refractivity contribution is 5.07. The van der Waals surface area contributed by atoms with Crippen molar-refractivity contribution in [2.75, 3.05) is 13.1 Å².